The van der Waals surface area contributed by atoms with Crippen molar-refractivity contribution in [1.82, 2.24) is 9.97 Å². The number of carbonyl (C=O) groups excluding carboxylic acids is 1. The normalized spacial score (nSPS) is 11.9. The summed E-state index contributed by atoms with van der Waals surface area (Å²) in [4.78, 5) is 22.8. The highest BCUT2D eigenvalue weighted by molar-refractivity contribution is 6.44. The molecular weight excluding hydrogens is 407 g/mol. The van der Waals surface area contributed by atoms with Gasteiger partial charge in [-0.15, -0.1) is 23.2 Å². The molecule has 0 bridgehead atoms. The number of halogens is 2. The summed E-state index contributed by atoms with van der Waals surface area (Å²) in [6.07, 6.45) is 1.64. The van der Waals surface area contributed by atoms with Crippen molar-refractivity contribution in [2.45, 2.75) is 24.7 Å². The molecule has 0 aliphatic rings. The molecule has 1 amide bonds. The van der Waals surface area contributed by atoms with Gasteiger partial charge >= 0.3 is 0 Å². The number of nitrogens with zero attached hydrogens (tertiary/aromatic N) is 3. The molecule has 0 unspecified atom stereocenters. The predicted octanol–water partition coefficient (Wildman–Crippen LogP) is 5.79. The molecule has 0 radical (unpaired) electrons. The molecule has 0 saturated heterocycles. The number of carbonyl (C=O) groups is 1. The molecule has 3 aromatic rings. The molecule has 3 rings (SSSR count). The minimum absolute atomic E-state index is 0.0262. The number of amides is 1. The Labute approximate surface area is 180 Å². The lowest BCUT2D eigenvalue weighted by molar-refractivity contribution is 0.0987. The average Bonchev–Trinajstić information content (AvgIpc) is 2.75. The van der Waals surface area contributed by atoms with Crippen LogP contribution in [0.4, 0.5) is 11.8 Å². The van der Waals surface area contributed by atoms with Gasteiger partial charge in [0.05, 0.1) is 6.04 Å². The monoisotopic (exact) mass is 428 g/mol. The molecule has 0 aliphatic carbocycles. The lowest BCUT2D eigenvalue weighted by atomic mass is 10.1. The average molecular weight is 429 g/mol. The maximum absolute atomic E-state index is 13.1. The van der Waals surface area contributed by atoms with Crippen LogP contribution in [0.1, 0.15) is 46.2 Å². The predicted molar refractivity (Wildman–Crippen MR) is 119 cm³/mol. The number of aromatic nitrogens is 2. The van der Waals surface area contributed by atoms with Crippen molar-refractivity contribution in [2.24, 2.45) is 0 Å². The highest BCUT2D eigenvalue weighted by Crippen LogP contribution is 2.26. The first-order valence-electron chi connectivity index (χ1n) is 9.34. The molecular formula is C22H22Cl2N4O. The topological polar surface area (TPSA) is 58.1 Å². The zero-order valence-corrected chi connectivity index (χ0v) is 17.7. The summed E-state index contributed by atoms with van der Waals surface area (Å²) >= 11 is 11.9. The van der Waals surface area contributed by atoms with Gasteiger partial charge in [0.2, 0.25) is 5.95 Å². The smallest absolute Gasteiger partial charge is 0.259 e. The zero-order chi connectivity index (χ0) is 20.8. The van der Waals surface area contributed by atoms with Crippen LogP contribution in [0.25, 0.3) is 0 Å². The van der Waals surface area contributed by atoms with Gasteiger partial charge in [-0.2, -0.15) is 4.98 Å². The fourth-order valence-electron chi connectivity index (χ4n) is 2.96. The maximum atomic E-state index is 13.1. The van der Waals surface area contributed by atoms with E-state index in [0.717, 1.165) is 5.56 Å². The van der Waals surface area contributed by atoms with E-state index >= 15 is 0 Å². The molecule has 150 valence electrons. The Morgan fingerprint density at radius 2 is 1.79 bits per heavy atom. The van der Waals surface area contributed by atoms with Crippen LogP contribution >= 0.6 is 23.2 Å². The third-order valence-electron chi connectivity index (χ3n) is 4.51. The van der Waals surface area contributed by atoms with Crippen LogP contribution in [-0.4, -0.2) is 22.4 Å². The molecule has 1 aromatic heterocycles. The number of alkyl halides is 2. The Hall–Kier alpha value is -2.63. The van der Waals surface area contributed by atoms with E-state index in [1.54, 1.807) is 41.4 Å². The van der Waals surface area contributed by atoms with E-state index in [0.29, 0.717) is 29.4 Å². The molecule has 29 heavy (non-hydrogen) atoms. The van der Waals surface area contributed by atoms with Gasteiger partial charge in [-0.3, -0.25) is 9.69 Å². The van der Waals surface area contributed by atoms with E-state index in [4.69, 9.17) is 23.2 Å². The molecule has 0 spiro atoms. The lowest BCUT2D eigenvalue weighted by Gasteiger charge is -2.21. The molecule has 5 nitrogen and oxygen atoms in total. The van der Waals surface area contributed by atoms with Gasteiger partial charge in [0.1, 0.15) is 10.7 Å². The molecule has 0 saturated carbocycles. The van der Waals surface area contributed by atoms with Crippen molar-refractivity contribution in [3.8, 4) is 0 Å². The standard InChI is InChI=1S/C22H22Cl2N4O/c1-3-28(21(29)18-11-7-10-17(14-18)20(23)24)19-12-13-25-22(27-19)26-15(2)16-8-5-4-6-9-16/h4-15,20H,3H2,1-2H3,(H,25,26,27)/t15-/m0/s1. The fourth-order valence-corrected chi connectivity index (χ4v) is 3.23. The van der Waals surface area contributed by atoms with Crippen LogP contribution in [0, 0.1) is 0 Å². The first-order valence-corrected chi connectivity index (χ1v) is 10.2. The summed E-state index contributed by atoms with van der Waals surface area (Å²) < 4.78 is 0. The Kier molecular flexibility index (Phi) is 7.07. The van der Waals surface area contributed by atoms with Crippen LogP contribution in [-0.2, 0) is 0 Å². The Bertz CT molecular complexity index is 966. The summed E-state index contributed by atoms with van der Waals surface area (Å²) in [5.74, 6) is 0.804. The van der Waals surface area contributed by atoms with Crippen LogP contribution in [0.15, 0.2) is 66.9 Å². The number of rotatable bonds is 7. The van der Waals surface area contributed by atoms with Gasteiger partial charge in [0.15, 0.2) is 0 Å². The second kappa shape index (κ2) is 9.72. The number of hydrogen-bond donors (Lipinski definition) is 1. The summed E-state index contributed by atoms with van der Waals surface area (Å²) in [5.41, 5.74) is 2.30. The van der Waals surface area contributed by atoms with Crippen LogP contribution in [0.5, 0.6) is 0 Å². The van der Waals surface area contributed by atoms with Crippen LogP contribution in [0.3, 0.4) is 0 Å². The fraction of sp³-hybridized carbons (Fsp3) is 0.227. The molecule has 1 atom stereocenters. The first kappa shape index (κ1) is 21.1. The number of nitrogens with one attached hydrogen (secondary N) is 1. The second-order valence-corrected chi connectivity index (χ2v) is 7.59. The zero-order valence-electron chi connectivity index (χ0n) is 16.2. The summed E-state index contributed by atoms with van der Waals surface area (Å²) in [6, 6.07) is 18.8. The molecule has 1 N–H and O–H groups in total. The molecule has 0 aliphatic heterocycles. The van der Waals surface area contributed by atoms with Crippen molar-refractivity contribution in [3.63, 3.8) is 0 Å². The molecule has 1 heterocycles. The van der Waals surface area contributed by atoms with E-state index in [1.165, 1.54) is 0 Å². The Balaban J connectivity index is 1.82. The van der Waals surface area contributed by atoms with Crippen LogP contribution < -0.4 is 10.2 Å². The molecule has 0 fully saturated rings. The van der Waals surface area contributed by atoms with E-state index in [-0.39, 0.29) is 11.9 Å². The van der Waals surface area contributed by atoms with Gasteiger partial charge in [-0.05, 0) is 43.2 Å². The maximum Gasteiger partial charge on any atom is 0.259 e. The highest BCUT2D eigenvalue weighted by Gasteiger charge is 2.19. The highest BCUT2D eigenvalue weighted by atomic mass is 35.5. The van der Waals surface area contributed by atoms with Crippen LogP contribution in [0.2, 0.25) is 0 Å². The minimum atomic E-state index is -0.688. The summed E-state index contributed by atoms with van der Waals surface area (Å²) in [7, 11) is 0. The van der Waals surface area contributed by atoms with E-state index in [2.05, 4.69) is 15.3 Å². The minimum Gasteiger partial charge on any atom is -0.348 e. The van der Waals surface area contributed by atoms with Crippen molar-refractivity contribution in [3.05, 3.63) is 83.6 Å². The van der Waals surface area contributed by atoms with Crippen molar-refractivity contribution in [2.75, 3.05) is 16.8 Å². The SMILES string of the molecule is CCN(C(=O)c1cccc(C(Cl)Cl)c1)c1ccnc(N[C@@H](C)c2ccccc2)n1. The van der Waals surface area contributed by atoms with Crippen molar-refractivity contribution in [1.29, 1.82) is 0 Å². The van der Waals surface area contributed by atoms with E-state index < -0.39 is 4.84 Å². The molecule has 7 heteroatoms. The third-order valence-corrected chi connectivity index (χ3v) is 5.01. The van der Waals surface area contributed by atoms with Gasteiger partial charge in [-0.25, -0.2) is 4.98 Å². The number of anilines is 2. The van der Waals surface area contributed by atoms with Gasteiger partial charge in [0, 0.05) is 18.3 Å². The van der Waals surface area contributed by atoms with Gasteiger partial charge < -0.3 is 5.32 Å². The molecule has 2 aromatic carbocycles. The third kappa shape index (κ3) is 5.25. The number of benzene rings is 2. The van der Waals surface area contributed by atoms with Gasteiger partial charge in [-0.1, -0.05) is 42.5 Å². The summed E-state index contributed by atoms with van der Waals surface area (Å²) in [6.45, 7) is 4.39. The Morgan fingerprint density at radius 3 is 2.48 bits per heavy atom. The van der Waals surface area contributed by atoms with Crippen molar-refractivity contribution < 1.29 is 4.79 Å². The van der Waals surface area contributed by atoms with E-state index in [1.807, 2.05) is 44.2 Å². The lowest BCUT2D eigenvalue weighted by Crippen LogP contribution is -2.31. The first-order chi connectivity index (χ1) is 14.0. The van der Waals surface area contributed by atoms with Crippen molar-refractivity contribution >= 4 is 40.9 Å². The quantitative estimate of drug-likeness (QED) is 0.483. The second-order valence-electron chi connectivity index (χ2n) is 6.49. The largest absolute Gasteiger partial charge is 0.348 e. The van der Waals surface area contributed by atoms with Gasteiger partial charge in [0.25, 0.3) is 5.91 Å². The Morgan fingerprint density at radius 1 is 1.07 bits per heavy atom. The van der Waals surface area contributed by atoms with E-state index in [9.17, 15) is 4.79 Å². The number of hydrogen-bond acceptors (Lipinski definition) is 4. The summed E-state index contributed by atoms with van der Waals surface area (Å²) in [5, 5.41) is 3.29.